The van der Waals surface area contributed by atoms with Crippen molar-refractivity contribution in [3.63, 3.8) is 0 Å². The zero-order chi connectivity index (χ0) is 24.7. The van der Waals surface area contributed by atoms with E-state index < -0.39 is 40.0 Å². The predicted molar refractivity (Wildman–Crippen MR) is 127 cm³/mol. The molecule has 4 aliphatic rings. The van der Waals surface area contributed by atoms with Crippen molar-refractivity contribution in [2.24, 2.45) is 5.41 Å². The monoisotopic (exact) mass is 465 g/mol. The van der Waals surface area contributed by atoms with Gasteiger partial charge >= 0.3 is 0 Å². The summed E-state index contributed by atoms with van der Waals surface area (Å²) in [4.78, 5) is 41.4. The lowest BCUT2D eigenvalue weighted by Gasteiger charge is -2.48. The van der Waals surface area contributed by atoms with Crippen LogP contribution < -0.4 is 15.4 Å². The van der Waals surface area contributed by atoms with Crippen LogP contribution in [0.2, 0.25) is 0 Å². The van der Waals surface area contributed by atoms with Crippen LogP contribution in [0.5, 0.6) is 5.75 Å². The highest BCUT2D eigenvalue weighted by Crippen LogP contribution is 2.56. The third-order valence-electron chi connectivity index (χ3n) is 7.91. The van der Waals surface area contributed by atoms with Crippen LogP contribution in [0.1, 0.15) is 58.1 Å². The fraction of sp³-hybridized carbons (Fsp3) is 0.500. The Labute approximate surface area is 199 Å². The first-order valence-electron chi connectivity index (χ1n) is 11.7. The maximum atomic E-state index is 13.8. The summed E-state index contributed by atoms with van der Waals surface area (Å²) >= 11 is 0. The number of hydrogen-bond acceptors (Lipinski definition) is 5. The maximum Gasteiger partial charge on any atom is 0.276 e. The minimum atomic E-state index is -2.22. The first-order chi connectivity index (χ1) is 15.8. The lowest BCUT2D eigenvalue weighted by Crippen LogP contribution is -2.71. The molecule has 1 aromatic rings. The number of ether oxygens (including phenoxy) is 1. The molecule has 5 rings (SSSR count). The summed E-state index contributed by atoms with van der Waals surface area (Å²) in [6, 6.07) is 3.09. The summed E-state index contributed by atoms with van der Waals surface area (Å²) in [6.07, 6.45) is 6.49. The van der Waals surface area contributed by atoms with Crippen LogP contribution in [0.4, 0.5) is 5.69 Å². The molecule has 1 aromatic carbocycles. The molecule has 0 aromatic heterocycles. The molecule has 0 radical (unpaired) electrons. The third kappa shape index (κ3) is 2.97. The molecule has 3 atom stereocenters. The Balaban J connectivity index is 1.65. The van der Waals surface area contributed by atoms with Crippen molar-refractivity contribution in [3.8, 4) is 5.75 Å². The minimum absolute atomic E-state index is 0.319. The Hall–Kier alpha value is -3.13. The van der Waals surface area contributed by atoms with Gasteiger partial charge in [0.05, 0.1) is 5.41 Å². The van der Waals surface area contributed by atoms with Gasteiger partial charge in [-0.15, -0.1) is 6.58 Å². The van der Waals surface area contributed by atoms with Gasteiger partial charge in [-0.2, -0.15) is 0 Å². The second-order valence-corrected chi connectivity index (χ2v) is 10.9. The number of carbonyl (C=O) groups excluding carboxylic acids is 3. The van der Waals surface area contributed by atoms with E-state index in [4.69, 9.17) is 4.74 Å². The van der Waals surface area contributed by atoms with Crippen molar-refractivity contribution in [2.45, 2.75) is 69.7 Å². The Kier molecular flexibility index (Phi) is 4.63. The van der Waals surface area contributed by atoms with Crippen molar-refractivity contribution >= 4 is 29.5 Å². The molecular formula is C26H31N3O5. The van der Waals surface area contributed by atoms with E-state index in [0.29, 0.717) is 36.4 Å². The van der Waals surface area contributed by atoms with Crippen LogP contribution in [-0.2, 0) is 19.8 Å². The highest BCUT2D eigenvalue weighted by atomic mass is 16.5. The molecule has 4 aliphatic heterocycles. The van der Waals surface area contributed by atoms with Crippen LogP contribution >= 0.6 is 0 Å². The number of carbonyl (C=O) groups is 3. The zero-order valence-electron chi connectivity index (χ0n) is 20.0. The van der Waals surface area contributed by atoms with Gasteiger partial charge in [0.25, 0.3) is 5.91 Å². The molecule has 180 valence electrons. The van der Waals surface area contributed by atoms with Gasteiger partial charge in [0.15, 0.2) is 0 Å². The van der Waals surface area contributed by atoms with Crippen molar-refractivity contribution in [1.82, 2.24) is 10.2 Å². The quantitative estimate of drug-likeness (QED) is 0.592. The van der Waals surface area contributed by atoms with Crippen molar-refractivity contribution in [3.05, 3.63) is 42.0 Å². The summed E-state index contributed by atoms with van der Waals surface area (Å²) in [6.45, 7) is 12.0. The van der Waals surface area contributed by atoms with Gasteiger partial charge in [0, 0.05) is 35.7 Å². The fourth-order valence-corrected chi connectivity index (χ4v) is 5.81. The van der Waals surface area contributed by atoms with Gasteiger partial charge < -0.3 is 25.4 Å². The molecule has 2 fully saturated rings. The summed E-state index contributed by atoms with van der Waals surface area (Å²) in [5.74, 6) is -0.691. The number of anilines is 1. The lowest BCUT2D eigenvalue weighted by atomic mass is 9.58. The van der Waals surface area contributed by atoms with E-state index in [-0.39, 0.29) is 12.3 Å². The van der Waals surface area contributed by atoms with Crippen LogP contribution in [0, 0.1) is 5.41 Å². The molecule has 0 aliphatic carbocycles. The molecule has 8 heteroatoms. The molecule has 0 saturated carbocycles. The standard InChI is InChI=1S/C26H31N3O5/c1-6-23(2,3)25(14-26(33)22(32)29-11-7-8-18(29)20(30)28-26)16-12-15-9-10-24(4,5)34-19(15)13-17(16)27-21(25)31/h6,9-10,12-13,18,33H,1,7-8,11,14H2,2-5H3,(H,27,31)(H,28,30). The first kappa shape index (κ1) is 22.7. The average molecular weight is 466 g/mol. The summed E-state index contributed by atoms with van der Waals surface area (Å²) in [7, 11) is 0. The van der Waals surface area contributed by atoms with Crippen LogP contribution in [0.15, 0.2) is 30.9 Å². The molecule has 34 heavy (non-hydrogen) atoms. The van der Waals surface area contributed by atoms with Gasteiger partial charge in [0.1, 0.15) is 17.4 Å². The Morgan fingerprint density at radius 2 is 2.03 bits per heavy atom. The normalized spacial score (nSPS) is 31.3. The molecular weight excluding hydrogens is 434 g/mol. The van der Waals surface area contributed by atoms with Gasteiger partial charge in [-0.1, -0.05) is 26.0 Å². The molecule has 3 N–H and O–H groups in total. The second-order valence-electron chi connectivity index (χ2n) is 10.9. The van der Waals surface area contributed by atoms with E-state index in [1.807, 2.05) is 45.9 Å². The molecule has 3 unspecified atom stereocenters. The lowest BCUT2D eigenvalue weighted by molar-refractivity contribution is -0.174. The highest BCUT2D eigenvalue weighted by molar-refractivity contribution is 6.09. The number of nitrogens with zero attached hydrogens (tertiary/aromatic N) is 1. The van der Waals surface area contributed by atoms with Gasteiger partial charge in [0.2, 0.25) is 17.5 Å². The second kappa shape index (κ2) is 6.95. The SMILES string of the molecule is C=CC(C)(C)C1(CC2(O)NC(=O)C3CCCN3C2=O)C(=O)Nc2cc3c(cc21)C=CC(C)(C)O3. The van der Waals surface area contributed by atoms with Crippen LogP contribution in [-0.4, -0.2) is 51.6 Å². The van der Waals surface area contributed by atoms with Crippen LogP contribution in [0.3, 0.4) is 0 Å². The van der Waals surface area contributed by atoms with Gasteiger partial charge in [-0.25, -0.2) is 0 Å². The first-order valence-corrected chi connectivity index (χ1v) is 11.7. The van der Waals surface area contributed by atoms with E-state index >= 15 is 0 Å². The molecule has 3 amide bonds. The number of fused-ring (bicyclic) bond motifs is 3. The number of aliphatic hydroxyl groups is 1. The number of nitrogens with one attached hydrogen (secondary N) is 2. The predicted octanol–water partition coefficient (Wildman–Crippen LogP) is 2.47. The number of allylic oxidation sites excluding steroid dienone is 1. The number of rotatable bonds is 4. The van der Waals surface area contributed by atoms with Gasteiger partial charge in [-0.05, 0) is 44.4 Å². The van der Waals surface area contributed by atoms with E-state index in [2.05, 4.69) is 17.2 Å². The Morgan fingerprint density at radius 3 is 2.74 bits per heavy atom. The minimum Gasteiger partial charge on any atom is -0.483 e. The third-order valence-corrected chi connectivity index (χ3v) is 7.91. The van der Waals surface area contributed by atoms with E-state index in [1.54, 1.807) is 12.1 Å². The van der Waals surface area contributed by atoms with E-state index in [9.17, 15) is 19.5 Å². The number of piperazine rings is 1. The summed E-state index contributed by atoms with van der Waals surface area (Å²) in [5, 5.41) is 17.1. The Bertz CT molecular complexity index is 1170. The largest absolute Gasteiger partial charge is 0.483 e. The highest BCUT2D eigenvalue weighted by Gasteiger charge is 2.63. The average Bonchev–Trinajstić information content (AvgIpc) is 3.34. The van der Waals surface area contributed by atoms with E-state index in [0.717, 1.165) is 5.56 Å². The zero-order valence-corrected chi connectivity index (χ0v) is 20.0. The van der Waals surface area contributed by atoms with Crippen molar-refractivity contribution in [2.75, 3.05) is 11.9 Å². The summed E-state index contributed by atoms with van der Waals surface area (Å²) in [5.41, 5.74) is -2.97. The smallest absolute Gasteiger partial charge is 0.276 e. The fourth-order valence-electron chi connectivity index (χ4n) is 5.81. The molecule has 4 heterocycles. The van der Waals surface area contributed by atoms with Crippen molar-refractivity contribution in [1.29, 1.82) is 0 Å². The maximum absolute atomic E-state index is 13.8. The van der Waals surface area contributed by atoms with Gasteiger partial charge in [-0.3, -0.25) is 14.4 Å². The Morgan fingerprint density at radius 1 is 1.29 bits per heavy atom. The molecule has 2 saturated heterocycles. The number of amides is 3. The van der Waals surface area contributed by atoms with Crippen molar-refractivity contribution < 1.29 is 24.2 Å². The van der Waals surface area contributed by atoms with Crippen LogP contribution in [0.25, 0.3) is 6.08 Å². The molecule has 0 bridgehead atoms. The molecule has 8 nitrogen and oxygen atoms in total. The number of benzene rings is 1. The molecule has 0 spiro atoms. The topological polar surface area (TPSA) is 108 Å². The number of hydrogen-bond donors (Lipinski definition) is 3. The van der Waals surface area contributed by atoms with E-state index in [1.165, 1.54) is 4.90 Å². The summed E-state index contributed by atoms with van der Waals surface area (Å²) < 4.78 is 6.08.